The van der Waals surface area contributed by atoms with Gasteiger partial charge in [-0.05, 0) is 24.6 Å². The summed E-state index contributed by atoms with van der Waals surface area (Å²) in [4.78, 5) is 15.5. The number of hydrogen-bond acceptors (Lipinski definition) is 6. The minimum absolute atomic E-state index is 0.113. The van der Waals surface area contributed by atoms with Crippen LogP contribution in [0.4, 0.5) is 23.1 Å². The fraction of sp³-hybridized carbons (Fsp3) is 0.375. The van der Waals surface area contributed by atoms with E-state index in [1.807, 2.05) is 24.3 Å². The SMILES string of the molecule is CCCCCNc1cnnc(Nc2cccc(NC(C)=O)c2)n1. The second kappa shape index (κ2) is 8.67. The van der Waals surface area contributed by atoms with Crippen molar-refractivity contribution in [3.05, 3.63) is 30.5 Å². The first-order valence-corrected chi connectivity index (χ1v) is 7.75. The van der Waals surface area contributed by atoms with Crippen LogP contribution in [0.5, 0.6) is 0 Å². The molecule has 2 aromatic rings. The Kier molecular flexibility index (Phi) is 6.28. The number of anilines is 4. The smallest absolute Gasteiger partial charge is 0.249 e. The molecule has 1 heterocycles. The molecule has 0 aliphatic carbocycles. The van der Waals surface area contributed by atoms with Crippen molar-refractivity contribution in [2.24, 2.45) is 0 Å². The molecular formula is C16H22N6O. The summed E-state index contributed by atoms with van der Waals surface area (Å²) in [5.74, 6) is 0.987. The van der Waals surface area contributed by atoms with Crippen LogP contribution in [0.1, 0.15) is 33.1 Å². The van der Waals surface area contributed by atoms with Crippen molar-refractivity contribution < 1.29 is 4.79 Å². The predicted octanol–water partition coefficient (Wildman–Crippen LogP) is 3.18. The zero-order valence-corrected chi connectivity index (χ0v) is 13.5. The minimum Gasteiger partial charge on any atom is -0.369 e. The highest BCUT2D eigenvalue weighted by molar-refractivity contribution is 5.89. The van der Waals surface area contributed by atoms with E-state index >= 15 is 0 Å². The van der Waals surface area contributed by atoms with E-state index in [9.17, 15) is 4.79 Å². The monoisotopic (exact) mass is 314 g/mol. The van der Waals surface area contributed by atoms with E-state index < -0.39 is 0 Å². The Bertz CT molecular complexity index is 646. The molecule has 23 heavy (non-hydrogen) atoms. The van der Waals surface area contributed by atoms with Crippen molar-refractivity contribution in [3.8, 4) is 0 Å². The first-order valence-electron chi connectivity index (χ1n) is 7.75. The zero-order chi connectivity index (χ0) is 16.5. The van der Waals surface area contributed by atoms with E-state index in [-0.39, 0.29) is 5.91 Å². The van der Waals surface area contributed by atoms with Gasteiger partial charge in [0.05, 0.1) is 6.20 Å². The maximum absolute atomic E-state index is 11.1. The van der Waals surface area contributed by atoms with Crippen molar-refractivity contribution >= 4 is 29.0 Å². The molecule has 1 aromatic heterocycles. The van der Waals surface area contributed by atoms with E-state index in [0.29, 0.717) is 17.5 Å². The van der Waals surface area contributed by atoms with Gasteiger partial charge in [0.15, 0.2) is 5.82 Å². The van der Waals surface area contributed by atoms with Crippen molar-refractivity contribution in [1.29, 1.82) is 0 Å². The molecule has 1 aromatic carbocycles. The topological polar surface area (TPSA) is 91.8 Å². The fourth-order valence-corrected chi connectivity index (χ4v) is 2.04. The molecule has 0 saturated heterocycles. The third-order valence-electron chi connectivity index (χ3n) is 3.08. The summed E-state index contributed by atoms with van der Waals surface area (Å²) in [6.07, 6.45) is 5.07. The van der Waals surface area contributed by atoms with Crippen molar-refractivity contribution in [2.45, 2.75) is 33.1 Å². The molecule has 0 atom stereocenters. The number of nitrogens with one attached hydrogen (secondary N) is 3. The zero-order valence-electron chi connectivity index (χ0n) is 13.5. The van der Waals surface area contributed by atoms with Gasteiger partial charge in [-0.1, -0.05) is 25.8 Å². The molecule has 0 unspecified atom stereocenters. The number of rotatable bonds is 8. The second-order valence-corrected chi connectivity index (χ2v) is 5.19. The summed E-state index contributed by atoms with van der Waals surface area (Å²) in [6.45, 7) is 4.51. The van der Waals surface area contributed by atoms with Crippen LogP contribution in [0, 0.1) is 0 Å². The van der Waals surface area contributed by atoms with Crippen LogP contribution in [0.25, 0.3) is 0 Å². The van der Waals surface area contributed by atoms with Gasteiger partial charge in [0.2, 0.25) is 11.9 Å². The van der Waals surface area contributed by atoms with Crippen LogP contribution in [-0.4, -0.2) is 27.6 Å². The molecule has 7 nitrogen and oxygen atoms in total. The molecule has 0 bridgehead atoms. The number of hydrogen-bond donors (Lipinski definition) is 3. The number of carbonyl (C=O) groups excluding carboxylic acids is 1. The van der Waals surface area contributed by atoms with Gasteiger partial charge in [0.1, 0.15) is 0 Å². The Morgan fingerprint density at radius 2 is 2.04 bits per heavy atom. The average Bonchev–Trinajstić information content (AvgIpc) is 2.52. The number of carbonyl (C=O) groups is 1. The molecule has 3 N–H and O–H groups in total. The van der Waals surface area contributed by atoms with E-state index in [1.54, 1.807) is 6.20 Å². The highest BCUT2D eigenvalue weighted by Crippen LogP contribution is 2.18. The largest absolute Gasteiger partial charge is 0.369 e. The fourth-order valence-electron chi connectivity index (χ4n) is 2.04. The summed E-state index contributed by atoms with van der Waals surface area (Å²) >= 11 is 0. The molecule has 0 aliphatic rings. The Labute approximate surface area is 135 Å². The van der Waals surface area contributed by atoms with E-state index in [4.69, 9.17) is 0 Å². The lowest BCUT2D eigenvalue weighted by Gasteiger charge is -2.09. The van der Waals surface area contributed by atoms with Crippen LogP contribution in [0.15, 0.2) is 30.5 Å². The van der Waals surface area contributed by atoms with Crippen LogP contribution >= 0.6 is 0 Å². The maximum Gasteiger partial charge on any atom is 0.249 e. The molecule has 0 saturated carbocycles. The maximum atomic E-state index is 11.1. The molecule has 0 spiro atoms. The highest BCUT2D eigenvalue weighted by Gasteiger charge is 2.03. The average molecular weight is 314 g/mol. The molecule has 0 fully saturated rings. The second-order valence-electron chi connectivity index (χ2n) is 5.19. The molecule has 0 aliphatic heterocycles. The molecule has 1 amide bonds. The van der Waals surface area contributed by atoms with Gasteiger partial charge in [0, 0.05) is 24.8 Å². The lowest BCUT2D eigenvalue weighted by atomic mass is 10.2. The molecular weight excluding hydrogens is 292 g/mol. The van der Waals surface area contributed by atoms with E-state index in [0.717, 1.165) is 18.7 Å². The summed E-state index contributed by atoms with van der Waals surface area (Å²) < 4.78 is 0. The Balaban J connectivity index is 1.98. The standard InChI is InChI=1S/C16H22N6O/c1-3-4-5-9-17-15-11-18-22-16(21-15)20-14-8-6-7-13(10-14)19-12(2)23/h6-8,10-11H,3-5,9H2,1-2H3,(H,19,23)(H2,17,20,21,22). The van der Waals surface area contributed by atoms with Crippen molar-refractivity contribution in [2.75, 3.05) is 22.5 Å². The predicted molar refractivity (Wildman–Crippen MR) is 91.9 cm³/mol. The van der Waals surface area contributed by atoms with Crippen molar-refractivity contribution in [3.63, 3.8) is 0 Å². The summed E-state index contributed by atoms with van der Waals surface area (Å²) in [5.41, 5.74) is 1.49. The number of benzene rings is 1. The first-order chi connectivity index (χ1) is 11.2. The van der Waals surface area contributed by atoms with Crippen LogP contribution in [-0.2, 0) is 4.79 Å². The third-order valence-corrected chi connectivity index (χ3v) is 3.08. The number of nitrogens with zero attached hydrogens (tertiary/aromatic N) is 3. The number of aromatic nitrogens is 3. The normalized spacial score (nSPS) is 10.2. The van der Waals surface area contributed by atoms with Gasteiger partial charge < -0.3 is 16.0 Å². The minimum atomic E-state index is -0.113. The lowest BCUT2D eigenvalue weighted by Crippen LogP contribution is -2.07. The Morgan fingerprint density at radius 1 is 1.22 bits per heavy atom. The van der Waals surface area contributed by atoms with E-state index in [2.05, 4.69) is 38.1 Å². The molecule has 0 radical (unpaired) electrons. The lowest BCUT2D eigenvalue weighted by molar-refractivity contribution is -0.114. The van der Waals surface area contributed by atoms with Gasteiger partial charge in [-0.3, -0.25) is 4.79 Å². The van der Waals surface area contributed by atoms with Gasteiger partial charge in [-0.2, -0.15) is 10.1 Å². The number of unbranched alkanes of at least 4 members (excludes halogenated alkanes) is 2. The van der Waals surface area contributed by atoms with Gasteiger partial charge >= 0.3 is 0 Å². The molecule has 7 heteroatoms. The van der Waals surface area contributed by atoms with Gasteiger partial charge in [-0.25, -0.2) is 0 Å². The summed E-state index contributed by atoms with van der Waals surface area (Å²) in [7, 11) is 0. The van der Waals surface area contributed by atoms with Crippen LogP contribution < -0.4 is 16.0 Å². The van der Waals surface area contributed by atoms with Crippen molar-refractivity contribution in [1.82, 2.24) is 15.2 Å². The van der Waals surface area contributed by atoms with Gasteiger partial charge in [0.25, 0.3) is 0 Å². The number of amides is 1. The van der Waals surface area contributed by atoms with Crippen LogP contribution in [0.2, 0.25) is 0 Å². The first kappa shape index (κ1) is 16.7. The summed E-state index contributed by atoms with van der Waals surface area (Å²) in [5, 5.41) is 17.0. The highest BCUT2D eigenvalue weighted by atomic mass is 16.1. The molecule has 122 valence electrons. The Morgan fingerprint density at radius 3 is 2.83 bits per heavy atom. The Hall–Kier alpha value is -2.70. The van der Waals surface area contributed by atoms with E-state index in [1.165, 1.54) is 19.8 Å². The van der Waals surface area contributed by atoms with Crippen LogP contribution in [0.3, 0.4) is 0 Å². The third kappa shape index (κ3) is 5.90. The summed E-state index contributed by atoms with van der Waals surface area (Å²) in [6, 6.07) is 7.34. The van der Waals surface area contributed by atoms with Gasteiger partial charge in [-0.15, -0.1) is 5.10 Å². The molecule has 2 rings (SSSR count). The quantitative estimate of drug-likeness (QED) is 0.648.